The van der Waals surface area contributed by atoms with Crippen molar-refractivity contribution in [3.8, 4) is 0 Å². The van der Waals surface area contributed by atoms with Crippen molar-refractivity contribution >= 4 is 17.3 Å². The molecule has 0 heterocycles. The summed E-state index contributed by atoms with van der Waals surface area (Å²) < 4.78 is 0. The van der Waals surface area contributed by atoms with E-state index in [9.17, 15) is 5.11 Å². The highest BCUT2D eigenvalue weighted by Gasteiger charge is 2.10. The SMILES string of the molecule is Cc1ccc(C)c(C(O)CNc2ccc(Cl)cc2)c1. The first-order chi connectivity index (χ1) is 9.06. The predicted octanol–water partition coefficient (Wildman–Crippen LogP) is 4.10. The van der Waals surface area contributed by atoms with Crippen molar-refractivity contribution in [2.75, 3.05) is 11.9 Å². The number of aliphatic hydroxyl groups is 1. The van der Waals surface area contributed by atoms with E-state index in [-0.39, 0.29) is 0 Å². The van der Waals surface area contributed by atoms with Gasteiger partial charge in [-0.2, -0.15) is 0 Å². The number of benzene rings is 2. The fourth-order valence-corrected chi connectivity index (χ4v) is 2.14. The van der Waals surface area contributed by atoms with Crippen molar-refractivity contribution in [2.45, 2.75) is 20.0 Å². The summed E-state index contributed by atoms with van der Waals surface area (Å²) in [5.41, 5.74) is 4.19. The van der Waals surface area contributed by atoms with E-state index in [1.807, 2.05) is 50.2 Å². The molecule has 2 nitrogen and oxygen atoms in total. The summed E-state index contributed by atoms with van der Waals surface area (Å²) in [6.45, 7) is 4.52. The molecule has 0 saturated carbocycles. The van der Waals surface area contributed by atoms with Crippen molar-refractivity contribution in [1.82, 2.24) is 0 Å². The molecule has 0 aromatic heterocycles. The summed E-state index contributed by atoms with van der Waals surface area (Å²) in [5, 5.41) is 14.2. The van der Waals surface area contributed by atoms with Crippen LogP contribution in [0.25, 0.3) is 0 Å². The van der Waals surface area contributed by atoms with Crippen LogP contribution in [0.3, 0.4) is 0 Å². The van der Waals surface area contributed by atoms with Crippen LogP contribution in [-0.4, -0.2) is 11.7 Å². The predicted molar refractivity (Wildman–Crippen MR) is 80.8 cm³/mol. The number of halogens is 1. The first-order valence-corrected chi connectivity index (χ1v) is 6.69. The molecule has 0 aliphatic heterocycles. The van der Waals surface area contributed by atoms with E-state index in [0.717, 1.165) is 22.4 Å². The molecule has 3 heteroatoms. The Kier molecular flexibility index (Phi) is 4.46. The lowest BCUT2D eigenvalue weighted by Gasteiger charge is -2.16. The highest BCUT2D eigenvalue weighted by Crippen LogP contribution is 2.20. The molecular weight excluding hydrogens is 258 g/mol. The lowest BCUT2D eigenvalue weighted by molar-refractivity contribution is 0.191. The molecule has 0 saturated heterocycles. The second kappa shape index (κ2) is 6.09. The normalized spacial score (nSPS) is 12.2. The topological polar surface area (TPSA) is 32.3 Å². The third kappa shape index (κ3) is 3.72. The largest absolute Gasteiger partial charge is 0.387 e. The fraction of sp³-hybridized carbons (Fsp3) is 0.250. The molecule has 2 N–H and O–H groups in total. The summed E-state index contributed by atoms with van der Waals surface area (Å²) in [6, 6.07) is 13.6. The van der Waals surface area contributed by atoms with Crippen LogP contribution in [-0.2, 0) is 0 Å². The molecule has 0 fully saturated rings. The zero-order valence-corrected chi connectivity index (χ0v) is 11.9. The Morgan fingerprint density at radius 1 is 1.11 bits per heavy atom. The maximum absolute atomic E-state index is 10.3. The van der Waals surface area contributed by atoms with E-state index in [4.69, 9.17) is 11.6 Å². The van der Waals surface area contributed by atoms with Crippen LogP contribution in [0.4, 0.5) is 5.69 Å². The number of aryl methyl sites for hydroxylation is 2. The standard InChI is InChI=1S/C16H18ClNO/c1-11-3-4-12(2)15(9-11)16(19)10-18-14-7-5-13(17)6-8-14/h3-9,16,18-19H,10H2,1-2H3. The Hall–Kier alpha value is -1.51. The number of hydrogen-bond donors (Lipinski definition) is 2. The number of anilines is 1. The molecule has 0 aliphatic carbocycles. The van der Waals surface area contributed by atoms with Crippen molar-refractivity contribution in [3.63, 3.8) is 0 Å². The molecule has 0 amide bonds. The van der Waals surface area contributed by atoms with Gasteiger partial charge in [0.15, 0.2) is 0 Å². The van der Waals surface area contributed by atoms with Crippen LogP contribution in [0.5, 0.6) is 0 Å². The van der Waals surface area contributed by atoms with Gasteiger partial charge in [-0.05, 0) is 49.2 Å². The van der Waals surface area contributed by atoms with E-state index < -0.39 is 6.10 Å². The van der Waals surface area contributed by atoms with Gasteiger partial charge in [0.1, 0.15) is 0 Å². The Labute approximate surface area is 119 Å². The van der Waals surface area contributed by atoms with Gasteiger partial charge in [0, 0.05) is 17.3 Å². The van der Waals surface area contributed by atoms with Crippen molar-refractivity contribution < 1.29 is 5.11 Å². The lowest BCUT2D eigenvalue weighted by atomic mass is 10.0. The monoisotopic (exact) mass is 275 g/mol. The van der Waals surface area contributed by atoms with Crippen LogP contribution in [0.1, 0.15) is 22.8 Å². The minimum Gasteiger partial charge on any atom is -0.387 e. The molecule has 1 atom stereocenters. The molecule has 2 aromatic rings. The third-order valence-electron chi connectivity index (χ3n) is 3.14. The second-order valence-corrected chi connectivity index (χ2v) is 5.20. The van der Waals surface area contributed by atoms with Gasteiger partial charge >= 0.3 is 0 Å². The molecular formula is C16H18ClNO. The molecule has 0 radical (unpaired) electrons. The average Bonchev–Trinajstić information content (AvgIpc) is 2.40. The van der Waals surface area contributed by atoms with E-state index in [1.165, 1.54) is 0 Å². The Morgan fingerprint density at radius 2 is 1.79 bits per heavy atom. The van der Waals surface area contributed by atoms with E-state index in [1.54, 1.807) is 0 Å². The molecule has 0 bridgehead atoms. The molecule has 2 rings (SSSR count). The molecule has 0 aliphatic rings. The van der Waals surface area contributed by atoms with Gasteiger partial charge in [-0.25, -0.2) is 0 Å². The average molecular weight is 276 g/mol. The Morgan fingerprint density at radius 3 is 2.47 bits per heavy atom. The third-order valence-corrected chi connectivity index (χ3v) is 3.39. The molecule has 2 aromatic carbocycles. The summed E-state index contributed by atoms with van der Waals surface area (Å²) >= 11 is 5.83. The number of aliphatic hydroxyl groups excluding tert-OH is 1. The molecule has 1 unspecified atom stereocenters. The smallest absolute Gasteiger partial charge is 0.0964 e. The van der Waals surface area contributed by atoms with Crippen LogP contribution in [0.2, 0.25) is 5.02 Å². The first kappa shape index (κ1) is 13.9. The number of nitrogens with one attached hydrogen (secondary N) is 1. The summed E-state index contributed by atoms with van der Waals surface area (Å²) in [6.07, 6.45) is -0.518. The second-order valence-electron chi connectivity index (χ2n) is 4.76. The number of rotatable bonds is 4. The van der Waals surface area contributed by atoms with Gasteiger partial charge < -0.3 is 10.4 Å². The van der Waals surface area contributed by atoms with Gasteiger partial charge in [0.2, 0.25) is 0 Å². The Bertz CT molecular complexity index is 551. The minimum absolute atomic E-state index is 0.478. The summed E-state index contributed by atoms with van der Waals surface area (Å²) in [7, 11) is 0. The highest BCUT2D eigenvalue weighted by atomic mass is 35.5. The van der Waals surface area contributed by atoms with Crippen molar-refractivity contribution in [2.24, 2.45) is 0 Å². The molecule has 19 heavy (non-hydrogen) atoms. The molecule has 0 spiro atoms. The van der Waals surface area contributed by atoms with Crippen LogP contribution >= 0.6 is 11.6 Å². The minimum atomic E-state index is -0.518. The summed E-state index contributed by atoms with van der Waals surface area (Å²) in [5.74, 6) is 0. The summed E-state index contributed by atoms with van der Waals surface area (Å²) in [4.78, 5) is 0. The maximum atomic E-state index is 10.3. The van der Waals surface area contributed by atoms with Gasteiger partial charge in [-0.3, -0.25) is 0 Å². The van der Waals surface area contributed by atoms with E-state index >= 15 is 0 Å². The highest BCUT2D eigenvalue weighted by molar-refractivity contribution is 6.30. The van der Waals surface area contributed by atoms with Crippen LogP contribution in [0.15, 0.2) is 42.5 Å². The first-order valence-electron chi connectivity index (χ1n) is 6.31. The maximum Gasteiger partial charge on any atom is 0.0964 e. The quantitative estimate of drug-likeness (QED) is 0.880. The van der Waals surface area contributed by atoms with Crippen LogP contribution in [0, 0.1) is 13.8 Å². The van der Waals surface area contributed by atoms with Gasteiger partial charge in [0.25, 0.3) is 0 Å². The Balaban J connectivity index is 2.03. The zero-order valence-electron chi connectivity index (χ0n) is 11.2. The van der Waals surface area contributed by atoms with Crippen LogP contribution < -0.4 is 5.32 Å². The van der Waals surface area contributed by atoms with Gasteiger partial charge in [0.05, 0.1) is 6.10 Å². The fourth-order valence-electron chi connectivity index (χ4n) is 2.01. The van der Waals surface area contributed by atoms with Crippen molar-refractivity contribution in [3.05, 3.63) is 64.2 Å². The lowest BCUT2D eigenvalue weighted by Crippen LogP contribution is -2.13. The van der Waals surface area contributed by atoms with E-state index in [0.29, 0.717) is 11.6 Å². The zero-order chi connectivity index (χ0) is 13.8. The number of hydrogen-bond acceptors (Lipinski definition) is 2. The van der Waals surface area contributed by atoms with Crippen molar-refractivity contribution in [1.29, 1.82) is 0 Å². The van der Waals surface area contributed by atoms with E-state index in [2.05, 4.69) is 11.4 Å². The van der Waals surface area contributed by atoms with Gasteiger partial charge in [-0.1, -0.05) is 35.4 Å². The van der Waals surface area contributed by atoms with Gasteiger partial charge in [-0.15, -0.1) is 0 Å². The molecule has 100 valence electrons.